The zero-order valence-electron chi connectivity index (χ0n) is 12.0. The van der Waals surface area contributed by atoms with Crippen LogP contribution in [0.15, 0.2) is 0 Å². The third-order valence-electron chi connectivity index (χ3n) is 4.11. The fraction of sp³-hybridized carbons (Fsp3) is 1.00. The second-order valence-corrected chi connectivity index (χ2v) is 5.47. The van der Waals surface area contributed by atoms with Gasteiger partial charge in [-0.15, -0.1) is 0 Å². The number of rotatable bonds is 8. The molecule has 0 spiro atoms. The summed E-state index contributed by atoms with van der Waals surface area (Å²) < 4.78 is 5.64. The normalized spacial score (nSPS) is 22.0. The van der Waals surface area contributed by atoms with Gasteiger partial charge in [0.15, 0.2) is 0 Å². The van der Waals surface area contributed by atoms with Crippen molar-refractivity contribution >= 4 is 0 Å². The number of hydrogen-bond donors (Lipinski definition) is 2. The molecule has 0 amide bonds. The Morgan fingerprint density at radius 3 is 2.50 bits per heavy atom. The monoisotopic (exact) mass is 258 g/mol. The third kappa shape index (κ3) is 5.22. The molecule has 1 unspecified atom stereocenters. The SMILES string of the molecule is CCOC1CCN(CCCC(N)(CC)CO)CC1. The van der Waals surface area contributed by atoms with E-state index in [0.29, 0.717) is 6.10 Å². The van der Waals surface area contributed by atoms with Gasteiger partial charge < -0.3 is 20.5 Å². The van der Waals surface area contributed by atoms with Gasteiger partial charge in [0.25, 0.3) is 0 Å². The Hall–Kier alpha value is -0.160. The number of nitrogens with two attached hydrogens (primary N) is 1. The number of nitrogens with zero attached hydrogens (tertiary/aromatic N) is 1. The van der Waals surface area contributed by atoms with Crippen molar-refractivity contribution in [2.75, 3.05) is 32.8 Å². The van der Waals surface area contributed by atoms with Gasteiger partial charge in [-0.25, -0.2) is 0 Å². The molecule has 1 aliphatic heterocycles. The zero-order chi connectivity index (χ0) is 13.4. The molecule has 0 bridgehead atoms. The van der Waals surface area contributed by atoms with E-state index < -0.39 is 0 Å². The fourth-order valence-electron chi connectivity index (χ4n) is 2.56. The van der Waals surface area contributed by atoms with E-state index in [1.165, 1.54) is 0 Å². The minimum Gasteiger partial charge on any atom is -0.394 e. The molecule has 4 heteroatoms. The van der Waals surface area contributed by atoms with Crippen LogP contribution in [0.25, 0.3) is 0 Å². The average Bonchev–Trinajstić information content (AvgIpc) is 2.41. The van der Waals surface area contributed by atoms with Gasteiger partial charge in [0.1, 0.15) is 0 Å². The first-order valence-electron chi connectivity index (χ1n) is 7.37. The molecule has 1 fully saturated rings. The number of aliphatic hydroxyl groups is 1. The highest BCUT2D eigenvalue weighted by Gasteiger charge is 2.23. The van der Waals surface area contributed by atoms with Crippen LogP contribution in [0.5, 0.6) is 0 Å². The van der Waals surface area contributed by atoms with Crippen molar-refractivity contribution < 1.29 is 9.84 Å². The van der Waals surface area contributed by atoms with E-state index in [9.17, 15) is 5.11 Å². The Labute approximate surface area is 111 Å². The molecule has 1 heterocycles. The van der Waals surface area contributed by atoms with Crippen molar-refractivity contribution in [3.8, 4) is 0 Å². The summed E-state index contributed by atoms with van der Waals surface area (Å²) in [5.41, 5.74) is 5.71. The molecular formula is C14H30N2O2. The van der Waals surface area contributed by atoms with Crippen LogP contribution in [-0.2, 0) is 4.74 Å². The van der Waals surface area contributed by atoms with Crippen LogP contribution in [0, 0.1) is 0 Å². The van der Waals surface area contributed by atoms with Gasteiger partial charge in [0.2, 0.25) is 0 Å². The van der Waals surface area contributed by atoms with Gasteiger partial charge in [-0.1, -0.05) is 6.92 Å². The number of piperidine rings is 1. The van der Waals surface area contributed by atoms with E-state index in [4.69, 9.17) is 10.5 Å². The van der Waals surface area contributed by atoms with Crippen molar-refractivity contribution in [1.29, 1.82) is 0 Å². The molecule has 4 nitrogen and oxygen atoms in total. The average molecular weight is 258 g/mol. The predicted molar refractivity (Wildman–Crippen MR) is 74.6 cm³/mol. The fourth-order valence-corrected chi connectivity index (χ4v) is 2.56. The van der Waals surface area contributed by atoms with E-state index in [0.717, 1.165) is 58.3 Å². The van der Waals surface area contributed by atoms with Gasteiger partial charge in [-0.2, -0.15) is 0 Å². The summed E-state index contributed by atoms with van der Waals surface area (Å²) in [5.74, 6) is 0. The summed E-state index contributed by atoms with van der Waals surface area (Å²) in [6.45, 7) is 8.39. The second kappa shape index (κ2) is 8.10. The van der Waals surface area contributed by atoms with Crippen LogP contribution in [0.2, 0.25) is 0 Å². The smallest absolute Gasteiger partial charge is 0.0611 e. The molecule has 1 aliphatic rings. The predicted octanol–water partition coefficient (Wildman–Crippen LogP) is 1.37. The third-order valence-corrected chi connectivity index (χ3v) is 4.11. The van der Waals surface area contributed by atoms with Crippen molar-refractivity contribution in [3.05, 3.63) is 0 Å². The number of ether oxygens (including phenoxy) is 1. The van der Waals surface area contributed by atoms with E-state index >= 15 is 0 Å². The molecule has 1 atom stereocenters. The highest BCUT2D eigenvalue weighted by molar-refractivity contribution is 4.82. The molecular weight excluding hydrogens is 228 g/mol. The maximum absolute atomic E-state index is 9.26. The molecule has 18 heavy (non-hydrogen) atoms. The standard InChI is InChI=1S/C14H30N2O2/c1-3-14(15,12-17)8-5-9-16-10-6-13(7-11-16)18-4-2/h13,17H,3-12,15H2,1-2H3. The first kappa shape index (κ1) is 15.9. The van der Waals surface area contributed by atoms with Crippen molar-refractivity contribution in [2.45, 2.75) is 57.6 Å². The summed E-state index contributed by atoms with van der Waals surface area (Å²) in [7, 11) is 0. The van der Waals surface area contributed by atoms with Crippen LogP contribution in [0.3, 0.4) is 0 Å². The summed E-state index contributed by atoms with van der Waals surface area (Å²) in [6.07, 6.45) is 5.59. The largest absolute Gasteiger partial charge is 0.394 e. The molecule has 0 aliphatic carbocycles. The molecule has 3 N–H and O–H groups in total. The van der Waals surface area contributed by atoms with Crippen LogP contribution in [0.4, 0.5) is 0 Å². The van der Waals surface area contributed by atoms with E-state index in [2.05, 4.69) is 11.8 Å². The lowest BCUT2D eigenvalue weighted by Gasteiger charge is -2.33. The van der Waals surface area contributed by atoms with E-state index in [1.807, 2.05) is 6.92 Å². The van der Waals surface area contributed by atoms with E-state index in [1.54, 1.807) is 0 Å². The molecule has 0 aromatic rings. The van der Waals surface area contributed by atoms with Crippen molar-refractivity contribution in [2.24, 2.45) is 5.73 Å². The van der Waals surface area contributed by atoms with Gasteiger partial charge in [-0.3, -0.25) is 0 Å². The Kier molecular flexibility index (Phi) is 7.15. The molecule has 0 aromatic heterocycles. The summed E-state index contributed by atoms with van der Waals surface area (Å²) in [6, 6.07) is 0. The van der Waals surface area contributed by atoms with Crippen LogP contribution in [-0.4, -0.2) is 54.5 Å². The first-order valence-corrected chi connectivity index (χ1v) is 7.37. The summed E-state index contributed by atoms with van der Waals surface area (Å²) >= 11 is 0. The number of aliphatic hydroxyl groups excluding tert-OH is 1. The molecule has 108 valence electrons. The lowest BCUT2D eigenvalue weighted by molar-refractivity contribution is 0.0135. The summed E-state index contributed by atoms with van der Waals surface area (Å²) in [4.78, 5) is 2.49. The quantitative estimate of drug-likeness (QED) is 0.690. The second-order valence-electron chi connectivity index (χ2n) is 5.47. The first-order chi connectivity index (χ1) is 8.63. The van der Waals surface area contributed by atoms with Crippen LogP contribution >= 0.6 is 0 Å². The maximum Gasteiger partial charge on any atom is 0.0611 e. The Morgan fingerprint density at radius 1 is 1.33 bits per heavy atom. The van der Waals surface area contributed by atoms with E-state index in [-0.39, 0.29) is 12.1 Å². The zero-order valence-corrected chi connectivity index (χ0v) is 12.0. The highest BCUT2D eigenvalue weighted by Crippen LogP contribution is 2.17. The Bertz CT molecular complexity index is 212. The number of likely N-dealkylation sites (tertiary alicyclic amines) is 1. The molecule has 0 radical (unpaired) electrons. The highest BCUT2D eigenvalue weighted by atomic mass is 16.5. The lowest BCUT2D eigenvalue weighted by Crippen LogP contribution is -2.44. The van der Waals surface area contributed by atoms with Crippen molar-refractivity contribution in [3.63, 3.8) is 0 Å². The topological polar surface area (TPSA) is 58.7 Å². The van der Waals surface area contributed by atoms with Gasteiger partial charge in [-0.05, 0) is 45.6 Å². The van der Waals surface area contributed by atoms with Gasteiger partial charge in [0.05, 0.1) is 12.7 Å². The van der Waals surface area contributed by atoms with Gasteiger partial charge >= 0.3 is 0 Å². The molecule has 0 saturated carbocycles. The van der Waals surface area contributed by atoms with Crippen LogP contribution < -0.4 is 5.73 Å². The minimum absolute atomic E-state index is 0.0932. The van der Waals surface area contributed by atoms with Crippen molar-refractivity contribution in [1.82, 2.24) is 4.90 Å². The molecule has 0 aromatic carbocycles. The Morgan fingerprint density at radius 2 is 2.00 bits per heavy atom. The molecule has 1 saturated heterocycles. The minimum atomic E-state index is -0.371. The summed E-state index contributed by atoms with van der Waals surface area (Å²) in [5, 5.41) is 9.26. The Balaban J connectivity index is 2.14. The maximum atomic E-state index is 9.26. The van der Waals surface area contributed by atoms with Crippen LogP contribution in [0.1, 0.15) is 46.0 Å². The van der Waals surface area contributed by atoms with Gasteiger partial charge in [0, 0.05) is 25.2 Å². The lowest BCUT2D eigenvalue weighted by atomic mass is 9.92. The number of hydrogen-bond acceptors (Lipinski definition) is 4. The molecule has 1 rings (SSSR count).